The molecule has 0 saturated carbocycles. The molecule has 2 rings (SSSR count). The van der Waals surface area contributed by atoms with E-state index in [-0.39, 0.29) is 18.7 Å². The molecule has 0 saturated heterocycles. The second kappa shape index (κ2) is 11.1. The number of hydrogen-bond acceptors (Lipinski definition) is 6. The predicted octanol–water partition coefficient (Wildman–Crippen LogP) is 3.13. The molecule has 28 heavy (non-hydrogen) atoms. The van der Waals surface area contributed by atoms with Crippen molar-refractivity contribution in [1.29, 1.82) is 0 Å². The van der Waals surface area contributed by atoms with Crippen molar-refractivity contribution < 1.29 is 23.9 Å². The molecule has 1 amide bonds. The molecule has 0 bridgehead atoms. The van der Waals surface area contributed by atoms with E-state index in [1.165, 1.54) is 26.0 Å². The van der Waals surface area contributed by atoms with Gasteiger partial charge in [0.15, 0.2) is 0 Å². The van der Waals surface area contributed by atoms with Gasteiger partial charge in [0.1, 0.15) is 11.3 Å². The molecule has 0 unspecified atom stereocenters. The fourth-order valence-corrected chi connectivity index (χ4v) is 3.59. The lowest BCUT2D eigenvalue weighted by molar-refractivity contribution is -0.146. The van der Waals surface area contributed by atoms with Crippen LogP contribution in [0.4, 0.5) is 0 Å². The molecular weight excluding hydrogens is 378 g/mol. The Morgan fingerprint density at radius 2 is 1.54 bits per heavy atom. The topological polar surface area (TPSA) is 81.7 Å². The molecule has 2 aromatic carbocycles. The Morgan fingerprint density at radius 1 is 0.929 bits per heavy atom. The molecule has 0 aliphatic heterocycles. The van der Waals surface area contributed by atoms with Gasteiger partial charge in [-0.05, 0) is 24.1 Å². The van der Waals surface area contributed by atoms with Crippen LogP contribution >= 0.6 is 11.8 Å². The summed E-state index contributed by atoms with van der Waals surface area (Å²) in [7, 11) is 2.52. The largest absolute Gasteiger partial charge is 0.469 e. The molecule has 7 heteroatoms. The maximum atomic E-state index is 13.0. The van der Waals surface area contributed by atoms with Crippen molar-refractivity contribution in [2.45, 2.75) is 29.0 Å². The first-order valence-corrected chi connectivity index (χ1v) is 9.64. The van der Waals surface area contributed by atoms with Crippen LogP contribution in [0.3, 0.4) is 0 Å². The second-order valence-corrected chi connectivity index (χ2v) is 7.10. The van der Waals surface area contributed by atoms with Gasteiger partial charge in [0, 0.05) is 11.3 Å². The summed E-state index contributed by atoms with van der Waals surface area (Å²) in [6, 6.07) is 17.9. The third-order valence-corrected chi connectivity index (χ3v) is 5.27. The molecule has 0 fully saturated rings. The molecule has 2 aromatic rings. The number of nitrogens with one attached hydrogen (secondary N) is 1. The van der Waals surface area contributed by atoms with Crippen LogP contribution in [0, 0.1) is 0 Å². The van der Waals surface area contributed by atoms with Crippen LogP contribution in [0.1, 0.15) is 23.7 Å². The van der Waals surface area contributed by atoms with Crippen molar-refractivity contribution in [3.8, 4) is 0 Å². The third-order valence-electron chi connectivity index (χ3n) is 4.00. The normalized spacial score (nSPS) is 12.5. The van der Waals surface area contributed by atoms with Gasteiger partial charge in [-0.1, -0.05) is 48.5 Å². The summed E-state index contributed by atoms with van der Waals surface area (Å²) in [5.74, 6) is -1.39. The SMILES string of the molecule is COC(=O)CC[C@H](NC(=O)[C@H](Sc1ccccc1)c1ccccc1)C(=O)OC. The third kappa shape index (κ3) is 6.42. The number of ether oxygens (including phenoxy) is 2. The highest BCUT2D eigenvalue weighted by atomic mass is 32.2. The van der Waals surface area contributed by atoms with Crippen LogP contribution < -0.4 is 5.32 Å². The van der Waals surface area contributed by atoms with Gasteiger partial charge in [0.05, 0.1) is 14.2 Å². The first kappa shape index (κ1) is 21.5. The van der Waals surface area contributed by atoms with Crippen molar-refractivity contribution >= 4 is 29.6 Å². The highest BCUT2D eigenvalue weighted by Gasteiger charge is 2.28. The first-order chi connectivity index (χ1) is 13.5. The highest BCUT2D eigenvalue weighted by Crippen LogP contribution is 2.35. The van der Waals surface area contributed by atoms with Gasteiger partial charge in [-0.3, -0.25) is 9.59 Å². The summed E-state index contributed by atoms with van der Waals surface area (Å²) in [5, 5.41) is 2.16. The molecule has 0 spiro atoms. The maximum Gasteiger partial charge on any atom is 0.328 e. The molecule has 6 nitrogen and oxygen atoms in total. The smallest absolute Gasteiger partial charge is 0.328 e. The van der Waals surface area contributed by atoms with Gasteiger partial charge in [-0.15, -0.1) is 11.8 Å². The van der Waals surface area contributed by atoms with E-state index in [4.69, 9.17) is 4.74 Å². The lowest BCUT2D eigenvalue weighted by Gasteiger charge is -2.21. The van der Waals surface area contributed by atoms with Crippen molar-refractivity contribution in [2.75, 3.05) is 14.2 Å². The summed E-state index contributed by atoms with van der Waals surface area (Å²) in [4.78, 5) is 37.5. The minimum atomic E-state index is -0.931. The second-order valence-electron chi connectivity index (χ2n) is 5.92. The Kier molecular flexibility index (Phi) is 8.55. The number of amides is 1. The van der Waals surface area contributed by atoms with Gasteiger partial charge in [-0.25, -0.2) is 4.79 Å². The Balaban J connectivity index is 2.19. The number of methoxy groups -OCH3 is 2. The van der Waals surface area contributed by atoms with Crippen molar-refractivity contribution in [3.05, 3.63) is 66.2 Å². The number of rotatable bonds is 9. The number of esters is 2. The van der Waals surface area contributed by atoms with Crippen LogP contribution in [0.25, 0.3) is 0 Å². The minimum Gasteiger partial charge on any atom is -0.469 e. The molecule has 0 heterocycles. The van der Waals surface area contributed by atoms with E-state index in [1.807, 2.05) is 60.7 Å². The summed E-state index contributed by atoms with van der Waals surface area (Å²) >= 11 is 1.38. The van der Waals surface area contributed by atoms with E-state index < -0.39 is 23.2 Å². The van der Waals surface area contributed by atoms with Gasteiger partial charge in [-0.2, -0.15) is 0 Å². The van der Waals surface area contributed by atoms with Crippen molar-refractivity contribution in [3.63, 3.8) is 0 Å². The van der Waals surface area contributed by atoms with E-state index in [0.717, 1.165) is 10.5 Å². The molecule has 2 atom stereocenters. The van der Waals surface area contributed by atoms with Crippen LogP contribution in [0.2, 0.25) is 0 Å². The zero-order chi connectivity index (χ0) is 20.4. The van der Waals surface area contributed by atoms with E-state index in [0.29, 0.717) is 0 Å². The van der Waals surface area contributed by atoms with Crippen LogP contribution in [-0.2, 0) is 23.9 Å². The van der Waals surface area contributed by atoms with Crippen LogP contribution in [0.5, 0.6) is 0 Å². The summed E-state index contributed by atoms with van der Waals surface area (Å²) in [5.41, 5.74) is 0.811. The first-order valence-electron chi connectivity index (χ1n) is 8.76. The number of thioether (sulfide) groups is 1. The molecule has 0 aromatic heterocycles. The Morgan fingerprint density at radius 3 is 2.11 bits per heavy atom. The highest BCUT2D eigenvalue weighted by molar-refractivity contribution is 8.00. The van der Waals surface area contributed by atoms with Gasteiger partial charge < -0.3 is 14.8 Å². The average Bonchev–Trinajstić information content (AvgIpc) is 2.75. The van der Waals surface area contributed by atoms with Crippen molar-refractivity contribution in [2.24, 2.45) is 0 Å². The number of carbonyl (C=O) groups is 3. The maximum absolute atomic E-state index is 13.0. The number of carbonyl (C=O) groups excluding carboxylic acids is 3. The Labute approximate surface area is 168 Å². The average molecular weight is 401 g/mol. The van der Waals surface area contributed by atoms with Crippen molar-refractivity contribution in [1.82, 2.24) is 5.32 Å². The lowest BCUT2D eigenvalue weighted by atomic mass is 10.1. The standard InChI is InChI=1S/C21H23NO5S/c1-26-18(23)14-13-17(21(25)27-2)22-20(24)19(15-9-5-3-6-10-15)28-16-11-7-4-8-12-16/h3-12,17,19H,13-14H2,1-2H3,(H,22,24)/t17-,19+/m0/s1. The molecule has 0 radical (unpaired) electrons. The Hall–Kier alpha value is -2.80. The van der Waals surface area contributed by atoms with Crippen LogP contribution in [-0.4, -0.2) is 38.1 Å². The van der Waals surface area contributed by atoms with Gasteiger partial charge in [0.2, 0.25) is 5.91 Å². The fraction of sp³-hybridized carbons (Fsp3) is 0.286. The molecule has 0 aliphatic rings. The summed E-state index contributed by atoms with van der Waals surface area (Å²) < 4.78 is 9.38. The van der Waals surface area contributed by atoms with Gasteiger partial charge >= 0.3 is 11.9 Å². The number of hydrogen-bond donors (Lipinski definition) is 1. The van der Waals surface area contributed by atoms with Crippen LogP contribution in [0.15, 0.2) is 65.6 Å². The monoisotopic (exact) mass is 401 g/mol. The summed E-state index contributed by atoms with van der Waals surface area (Å²) in [6.45, 7) is 0. The zero-order valence-electron chi connectivity index (χ0n) is 15.8. The van der Waals surface area contributed by atoms with E-state index in [2.05, 4.69) is 10.1 Å². The zero-order valence-corrected chi connectivity index (χ0v) is 16.6. The quantitative estimate of drug-likeness (QED) is 0.514. The Bertz CT molecular complexity index is 782. The molecule has 0 aliphatic carbocycles. The molecule has 148 valence electrons. The molecular formula is C21H23NO5S. The molecule has 1 N–H and O–H groups in total. The van der Waals surface area contributed by atoms with E-state index in [9.17, 15) is 14.4 Å². The van der Waals surface area contributed by atoms with Gasteiger partial charge in [0.25, 0.3) is 0 Å². The number of benzene rings is 2. The minimum absolute atomic E-state index is 0.00161. The fourth-order valence-electron chi connectivity index (χ4n) is 2.54. The lowest BCUT2D eigenvalue weighted by Crippen LogP contribution is -2.43. The predicted molar refractivity (Wildman–Crippen MR) is 107 cm³/mol. The van der Waals surface area contributed by atoms with E-state index >= 15 is 0 Å². The van der Waals surface area contributed by atoms with E-state index in [1.54, 1.807) is 0 Å². The summed E-state index contributed by atoms with van der Waals surface area (Å²) in [6.07, 6.45) is 0.0982.